The highest BCUT2D eigenvalue weighted by molar-refractivity contribution is 5.02. The largest absolute Gasteiger partial charge is 0.312 e. The molecular weight excluding hydrogens is 188 g/mol. The van der Waals surface area contributed by atoms with E-state index in [0.717, 1.165) is 25.3 Å². The fourth-order valence-corrected chi connectivity index (χ4v) is 2.03. The van der Waals surface area contributed by atoms with Gasteiger partial charge in [0.25, 0.3) is 0 Å². The molecule has 82 valence electrons. The van der Waals surface area contributed by atoms with Crippen molar-refractivity contribution in [3.05, 3.63) is 24.3 Å². The van der Waals surface area contributed by atoms with E-state index in [1.54, 1.807) is 12.4 Å². The van der Waals surface area contributed by atoms with E-state index in [-0.39, 0.29) is 0 Å². The van der Waals surface area contributed by atoms with E-state index in [0.29, 0.717) is 12.1 Å². The lowest BCUT2D eigenvalue weighted by molar-refractivity contribution is 0.156. The predicted molar refractivity (Wildman–Crippen MR) is 59.5 cm³/mol. The molecule has 2 atom stereocenters. The topological polar surface area (TPSA) is 41.1 Å². The molecule has 1 aliphatic rings. The first-order chi connectivity index (χ1) is 7.27. The second-order valence-electron chi connectivity index (χ2n) is 4.16. The number of hydrogen-bond donors (Lipinski definition) is 1. The number of aromatic nitrogens is 2. The third-order valence-corrected chi connectivity index (χ3v) is 2.96. The molecule has 1 aromatic heterocycles. The molecule has 0 radical (unpaired) electrons. The molecule has 4 nitrogen and oxygen atoms in total. The van der Waals surface area contributed by atoms with E-state index in [1.807, 2.05) is 6.20 Å². The minimum Gasteiger partial charge on any atom is -0.312 e. The first kappa shape index (κ1) is 10.5. The minimum absolute atomic E-state index is 0.364. The van der Waals surface area contributed by atoms with Crippen molar-refractivity contribution >= 4 is 0 Å². The summed E-state index contributed by atoms with van der Waals surface area (Å²) in [7, 11) is 0. The SMILES string of the molecule is C[C@@H]1CN([C@H](C)c2cnccn2)CCN1. The molecule has 1 aromatic rings. The molecule has 0 saturated carbocycles. The Morgan fingerprint density at radius 2 is 2.40 bits per heavy atom. The zero-order valence-corrected chi connectivity index (χ0v) is 9.35. The van der Waals surface area contributed by atoms with Gasteiger partial charge in [-0.2, -0.15) is 0 Å². The molecule has 0 spiro atoms. The Labute approximate surface area is 90.7 Å². The molecule has 2 rings (SSSR count). The van der Waals surface area contributed by atoms with Crippen LogP contribution >= 0.6 is 0 Å². The molecule has 1 aliphatic heterocycles. The molecule has 0 amide bonds. The molecular formula is C11H18N4. The summed E-state index contributed by atoms with van der Waals surface area (Å²) in [6.45, 7) is 7.64. The number of piperazine rings is 1. The third kappa shape index (κ3) is 2.52. The number of rotatable bonds is 2. The minimum atomic E-state index is 0.364. The summed E-state index contributed by atoms with van der Waals surface area (Å²) in [5.74, 6) is 0. The smallest absolute Gasteiger partial charge is 0.0755 e. The highest BCUT2D eigenvalue weighted by Crippen LogP contribution is 2.18. The highest BCUT2D eigenvalue weighted by Gasteiger charge is 2.22. The summed E-state index contributed by atoms with van der Waals surface area (Å²) in [6, 6.07) is 0.932. The van der Waals surface area contributed by atoms with Crippen LogP contribution in [0.4, 0.5) is 0 Å². The zero-order valence-electron chi connectivity index (χ0n) is 9.35. The number of nitrogens with one attached hydrogen (secondary N) is 1. The second-order valence-corrected chi connectivity index (χ2v) is 4.16. The molecule has 1 N–H and O–H groups in total. The van der Waals surface area contributed by atoms with Crippen LogP contribution in [0.1, 0.15) is 25.6 Å². The van der Waals surface area contributed by atoms with Crippen LogP contribution in [0.25, 0.3) is 0 Å². The first-order valence-corrected chi connectivity index (χ1v) is 5.50. The Bertz CT molecular complexity index is 301. The quantitative estimate of drug-likeness (QED) is 0.778. The fraction of sp³-hybridized carbons (Fsp3) is 0.636. The Hall–Kier alpha value is -1.00. The van der Waals surface area contributed by atoms with Gasteiger partial charge in [0.1, 0.15) is 0 Å². The average molecular weight is 206 g/mol. The van der Waals surface area contributed by atoms with Gasteiger partial charge in [0.05, 0.1) is 11.7 Å². The lowest BCUT2D eigenvalue weighted by atomic mass is 10.1. The van der Waals surface area contributed by atoms with Gasteiger partial charge in [0.2, 0.25) is 0 Å². The lowest BCUT2D eigenvalue weighted by Crippen LogP contribution is -2.49. The van der Waals surface area contributed by atoms with Gasteiger partial charge in [-0.25, -0.2) is 0 Å². The molecule has 0 unspecified atom stereocenters. The van der Waals surface area contributed by atoms with Gasteiger partial charge >= 0.3 is 0 Å². The van der Waals surface area contributed by atoms with E-state index >= 15 is 0 Å². The van der Waals surface area contributed by atoms with Crippen molar-refractivity contribution in [2.24, 2.45) is 0 Å². The highest BCUT2D eigenvalue weighted by atomic mass is 15.2. The van der Waals surface area contributed by atoms with Gasteiger partial charge in [0, 0.05) is 44.3 Å². The Morgan fingerprint density at radius 1 is 1.53 bits per heavy atom. The van der Waals surface area contributed by atoms with Crippen molar-refractivity contribution in [1.29, 1.82) is 0 Å². The molecule has 0 bridgehead atoms. The lowest BCUT2D eigenvalue weighted by Gasteiger charge is -2.35. The maximum atomic E-state index is 4.35. The Balaban J connectivity index is 2.04. The van der Waals surface area contributed by atoms with Gasteiger partial charge in [-0.15, -0.1) is 0 Å². The van der Waals surface area contributed by atoms with Gasteiger partial charge < -0.3 is 5.32 Å². The summed E-state index contributed by atoms with van der Waals surface area (Å²) in [4.78, 5) is 10.9. The predicted octanol–water partition coefficient (Wildman–Crippen LogP) is 0.831. The Morgan fingerprint density at radius 3 is 3.07 bits per heavy atom. The first-order valence-electron chi connectivity index (χ1n) is 5.50. The van der Waals surface area contributed by atoms with E-state index in [2.05, 4.69) is 34.0 Å². The third-order valence-electron chi connectivity index (χ3n) is 2.96. The average Bonchev–Trinajstić information content (AvgIpc) is 2.29. The molecule has 1 saturated heterocycles. The number of hydrogen-bond acceptors (Lipinski definition) is 4. The summed E-state index contributed by atoms with van der Waals surface area (Å²) in [5.41, 5.74) is 1.06. The van der Waals surface area contributed by atoms with E-state index in [4.69, 9.17) is 0 Å². The zero-order chi connectivity index (χ0) is 10.7. The fourth-order valence-electron chi connectivity index (χ4n) is 2.03. The van der Waals surface area contributed by atoms with Crippen LogP contribution in [0.15, 0.2) is 18.6 Å². The molecule has 4 heteroatoms. The maximum absolute atomic E-state index is 4.35. The van der Waals surface area contributed by atoms with Crippen LogP contribution < -0.4 is 5.32 Å². The van der Waals surface area contributed by atoms with Crippen molar-refractivity contribution in [2.45, 2.75) is 25.9 Å². The van der Waals surface area contributed by atoms with Crippen LogP contribution in [0.3, 0.4) is 0 Å². The molecule has 15 heavy (non-hydrogen) atoms. The normalized spacial score (nSPS) is 25.1. The van der Waals surface area contributed by atoms with Gasteiger partial charge in [-0.1, -0.05) is 0 Å². The molecule has 0 aliphatic carbocycles. The van der Waals surface area contributed by atoms with Crippen molar-refractivity contribution < 1.29 is 0 Å². The van der Waals surface area contributed by atoms with Crippen LogP contribution in [-0.2, 0) is 0 Å². The monoisotopic (exact) mass is 206 g/mol. The molecule has 2 heterocycles. The van der Waals surface area contributed by atoms with Crippen molar-refractivity contribution in [1.82, 2.24) is 20.2 Å². The summed E-state index contributed by atoms with van der Waals surface area (Å²) in [6.07, 6.45) is 5.34. The summed E-state index contributed by atoms with van der Waals surface area (Å²) < 4.78 is 0. The van der Waals surface area contributed by atoms with Crippen molar-refractivity contribution in [3.8, 4) is 0 Å². The van der Waals surface area contributed by atoms with Crippen LogP contribution in [0, 0.1) is 0 Å². The van der Waals surface area contributed by atoms with Gasteiger partial charge in [0.15, 0.2) is 0 Å². The summed E-state index contributed by atoms with van der Waals surface area (Å²) in [5, 5.41) is 3.44. The Kier molecular flexibility index (Phi) is 3.28. The van der Waals surface area contributed by atoms with Gasteiger partial charge in [-0.05, 0) is 13.8 Å². The molecule has 1 fully saturated rings. The summed E-state index contributed by atoms with van der Waals surface area (Å²) >= 11 is 0. The van der Waals surface area contributed by atoms with Crippen LogP contribution in [0.5, 0.6) is 0 Å². The van der Waals surface area contributed by atoms with E-state index in [9.17, 15) is 0 Å². The van der Waals surface area contributed by atoms with Crippen molar-refractivity contribution in [3.63, 3.8) is 0 Å². The standard InChI is InChI=1S/C11H18N4/c1-9-8-15(6-5-13-9)10(2)11-7-12-3-4-14-11/h3-4,7,9-10,13H,5-6,8H2,1-2H3/t9-,10-/m1/s1. The van der Waals surface area contributed by atoms with Gasteiger partial charge in [-0.3, -0.25) is 14.9 Å². The van der Waals surface area contributed by atoms with E-state index < -0.39 is 0 Å². The maximum Gasteiger partial charge on any atom is 0.0755 e. The van der Waals surface area contributed by atoms with Crippen LogP contribution in [-0.4, -0.2) is 40.5 Å². The van der Waals surface area contributed by atoms with Crippen molar-refractivity contribution in [2.75, 3.05) is 19.6 Å². The second kappa shape index (κ2) is 4.68. The van der Waals surface area contributed by atoms with Crippen LogP contribution in [0.2, 0.25) is 0 Å². The van der Waals surface area contributed by atoms with E-state index in [1.165, 1.54) is 0 Å². The molecule has 0 aromatic carbocycles. The number of nitrogens with zero attached hydrogens (tertiary/aromatic N) is 3.